The molecule has 16 heteroatoms. The Morgan fingerprint density at radius 3 is 2.42 bits per heavy atom. The number of aromatic nitrogens is 2. The summed E-state index contributed by atoms with van der Waals surface area (Å²) in [5, 5.41) is 3.70. The number of allylic oxidation sites excluding steroid dienone is 1. The van der Waals surface area contributed by atoms with Gasteiger partial charge in [-0.3, -0.25) is 9.69 Å². The summed E-state index contributed by atoms with van der Waals surface area (Å²) >= 11 is 0. The van der Waals surface area contributed by atoms with Crippen molar-refractivity contribution in [2.45, 2.75) is 136 Å². The Kier molecular flexibility index (Phi) is 10.8. The predicted octanol–water partition coefficient (Wildman–Crippen LogP) is 6.48. The van der Waals surface area contributed by atoms with Crippen molar-refractivity contribution in [1.29, 1.82) is 0 Å². The van der Waals surface area contributed by atoms with Crippen LogP contribution in [0.5, 0.6) is 0 Å². The molecule has 1 N–H and O–H groups in total. The van der Waals surface area contributed by atoms with E-state index in [9.17, 15) is 28.8 Å². The molecule has 3 aromatic rings. The summed E-state index contributed by atoms with van der Waals surface area (Å²) in [6, 6.07) is 1.25. The van der Waals surface area contributed by atoms with Gasteiger partial charge in [-0.05, 0) is 110 Å². The summed E-state index contributed by atoms with van der Waals surface area (Å²) in [6.07, 6.45) is 1.41. The number of aryl methyl sites for hydroxylation is 1. The van der Waals surface area contributed by atoms with Gasteiger partial charge in [-0.1, -0.05) is 13.0 Å². The summed E-state index contributed by atoms with van der Waals surface area (Å²) in [4.78, 5) is 87.7. The summed E-state index contributed by atoms with van der Waals surface area (Å²) in [5.74, 6) is -2.88. The number of carbonyl (C=O) groups is 5. The molecule has 1 aromatic carbocycles. The molecule has 0 unspecified atom stereocenters. The molecule has 1 saturated heterocycles. The minimum atomic E-state index is -2.07. The third kappa shape index (κ3) is 7.49. The molecular formula is C44H51FN4O11. The smallest absolute Gasteiger partial charge is 0.410 e. The first-order valence-corrected chi connectivity index (χ1v) is 20.3. The van der Waals surface area contributed by atoms with Crippen molar-refractivity contribution in [3.8, 4) is 11.4 Å². The molecule has 4 aliphatic rings. The Balaban J connectivity index is 1.24. The molecule has 0 saturated carbocycles. The second-order valence-electron chi connectivity index (χ2n) is 17.7. The third-order valence-electron chi connectivity index (χ3n) is 11.4. The molecule has 320 valence electrons. The van der Waals surface area contributed by atoms with E-state index < -0.39 is 77.0 Å². The number of benzene rings is 1. The van der Waals surface area contributed by atoms with Crippen molar-refractivity contribution in [3.63, 3.8) is 0 Å². The fourth-order valence-corrected chi connectivity index (χ4v) is 8.60. The lowest BCUT2D eigenvalue weighted by Gasteiger charge is -2.37. The highest BCUT2D eigenvalue weighted by Crippen LogP contribution is 2.47. The number of esters is 3. The van der Waals surface area contributed by atoms with Gasteiger partial charge in [-0.15, -0.1) is 0 Å². The number of amides is 2. The topological polar surface area (TPSA) is 182 Å². The minimum absolute atomic E-state index is 0.0618. The van der Waals surface area contributed by atoms with Crippen molar-refractivity contribution >= 4 is 41.0 Å². The second kappa shape index (κ2) is 15.3. The van der Waals surface area contributed by atoms with Crippen molar-refractivity contribution in [1.82, 2.24) is 19.8 Å². The van der Waals surface area contributed by atoms with Gasteiger partial charge in [-0.2, -0.15) is 0 Å². The van der Waals surface area contributed by atoms with Crippen LogP contribution in [0.15, 0.2) is 28.6 Å². The first-order chi connectivity index (χ1) is 28.2. The van der Waals surface area contributed by atoms with Crippen LogP contribution in [-0.2, 0) is 63.2 Å². The summed E-state index contributed by atoms with van der Waals surface area (Å²) in [7, 11) is 0. The van der Waals surface area contributed by atoms with Gasteiger partial charge in [0.25, 0.3) is 5.56 Å². The number of likely N-dealkylation sites (tertiary alicyclic amines) is 1. The van der Waals surface area contributed by atoms with Crippen LogP contribution in [0.25, 0.3) is 22.3 Å². The number of nitrogens with one attached hydrogen (secondary N) is 1. The molecule has 0 spiro atoms. The molecule has 2 aromatic heterocycles. The number of rotatable bonds is 7. The van der Waals surface area contributed by atoms with Crippen LogP contribution in [0, 0.1) is 12.7 Å². The Morgan fingerprint density at radius 1 is 1.03 bits per heavy atom. The molecule has 60 heavy (non-hydrogen) atoms. The monoisotopic (exact) mass is 830 g/mol. The number of ether oxygens (including phenoxy) is 5. The number of pyridine rings is 2. The normalized spacial score (nSPS) is 20.8. The van der Waals surface area contributed by atoms with Crippen LogP contribution in [-0.4, -0.2) is 74.9 Å². The zero-order valence-electron chi connectivity index (χ0n) is 35.5. The van der Waals surface area contributed by atoms with Crippen molar-refractivity contribution in [2.75, 3.05) is 13.2 Å². The zero-order valence-corrected chi connectivity index (χ0v) is 35.5. The number of hydrogen-bond donors (Lipinski definition) is 1. The molecule has 5 heterocycles. The highest BCUT2D eigenvalue weighted by atomic mass is 19.1. The van der Waals surface area contributed by atoms with Crippen LogP contribution in [0.2, 0.25) is 0 Å². The Hall–Kier alpha value is -5.80. The van der Waals surface area contributed by atoms with E-state index >= 15 is 4.39 Å². The van der Waals surface area contributed by atoms with E-state index in [2.05, 4.69) is 5.32 Å². The number of cyclic esters (lactones) is 1. The molecule has 15 nitrogen and oxygen atoms in total. The van der Waals surface area contributed by atoms with Gasteiger partial charge in [0.05, 0.1) is 40.6 Å². The van der Waals surface area contributed by atoms with E-state index in [0.717, 1.165) is 5.56 Å². The highest BCUT2D eigenvalue weighted by molar-refractivity contribution is 5.94. The second-order valence-corrected chi connectivity index (χ2v) is 17.7. The maximum Gasteiger partial charge on any atom is 0.410 e. The van der Waals surface area contributed by atoms with E-state index in [1.165, 1.54) is 21.6 Å². The third-order valence-corrected chi connectivity index (χ3v) is 11.4. The van der Waals surface area contributed by atoms with Crippen molar-refractivity contribution in [2.24, 2.45) is 0 Å². The fourth-order valence-electron chi connectivity index (χ4n) is 8.60. The van der Waals surface area contributed by atoms with E-state index in [1.54, 1.807) is 68.4 Å². The number of carbonyl (C=O) groups excluding carboxylic acids is 5. The summed E-state index contributed by atoms with van der Waals surface area (Å²) < 4.78 is 45.1. The van der Waals surface area contributed by atoms with Crippen LogP contribution in [0.4, 0.5) is 14.0 Å². The SMILES string of the molecule is C/C=C(\COC(=O)N1CCC[C@H]1C(=O)O[C@]1(CC)C(=O)OCc2c1cc1n(c2=O)Cc2c-1nc1cc(F)c(C)c3c1c2[C@@H](NC(=O)OC(C)(C)C)CC3)C(=O)OC(C)(C)C. The number of hydrogen-bond acceptors (Lipinski definition) is 12. The average molecular weight is 831 g/mol. The van der Waals surface area contributed by atoms with Gasteiger partial charge in [0.1, 0.15) is 36.3 Å². The van der Waals surface area contributed by atoms with Gasteiger partial charge in [0, 0.05) is 29.1 Å². The lowest BCUT2D eigenvalue weighted by molar-refractivity contribution is -0.191. The van der Waals surface area contributed by atoms with Crippen LogP contribution in [0.1, 0.15) is 120 Å². The molecular weight excluding hydrogens is 779 g/mol. The van der Waals surface area contributed by atoms with Crippen molar-refractivity contribution < 1.29 is 52.0 Å². The van der Waals surface area contributed by atoms with Gasteiger partial charge < -0.3 is 33.6 Å². The fraction of sp³-hybridized carbons (Fsp3) is 0.523. The highest BCUT2D eigenvalue weighted by Gasteiger charge is 2.52. The maximum absolute atomic E-state index is 15.4. The lowest BCUT2D eigenvalue weighted by Crippen LogP contribution is -2.51. The van der Waals surface area contributed by atoms with Crippen molar-refractivity contribution in [3.05, 3.63) is 73.3 Å². The summed E-state index contributed by atoms with van der Waals surface area (Å²) in [5.41, 5.74) is -0.148. The Labute approximate surface area is 346 Å². The minimum Gasteiger partial charge on any atom is -0.457 e. The maximum atomic E-state index is 15.4. The van der Waals surface area contributed by atoms with E-state index in [1.807, 2.05) is 0 Å². The predicted molar refractivity (Wildman–Crippen MR) is 214 cm³/mol. The first kappa shape index (κ1) is 42.3. The molecule has 1 fully saturated rings. The number of alkyl carbamates (subject to hydrolysis) is 1. The molecule has 0 bridgehead atoms. The van der Waals surface area contributed by atoms with Gasteiger partial charge >= 0.3 is 30.1 Å². The number of nitrogens with zero attached hydrogens (tertiary/aromatic N) is 3. The number of fused-ring (bicyclic) bond motifs is 5. The number of halogens is 1. The van der Waals surface area contributed by atoms with E-state index in [-0.39, 0.29) is 49.2 Å². The van der Waals surface area contributed by atoms with Gasteiger partial charge in [0.15, 0.2) is 0 Å². The average Bonchev–Trinajstić information content (AvgIpc) is 3.80. The largest absolute Gasteiger partial charge is 0.457 e. The molecule has 3 atom stereocenters. The van der Waals surface area contributed by atoms with Gasteiger partial charge in [0.2, 0.25) is 5.60 Å². The Morgan fingerprint density at radius 2 is 1.75 bits per heavy atom. The van der Waals surface area contributed by atoms with Crippen LogP contribution >= 0.6 is 0 Å². The van der Waals surface area contributed by atoms with Gasteiger partial charge in [-0.25, -0.2) is 33.3 Å². The van der Waals surface area contributed by atoms with E-state index in [0.29, 0.717) is 58.2 Å². The first-order valence-electron chi connectivity index (χ1n) is 20.3. The molecule has 2 amide bonds. The quantitative estimate of drug-likeness (QED) is 0.122. The zero-order chi connectivity index (χ0) is 43.6. The standard InChI is InChI=1S/C44H51FN4O11/c1-10-23(37(51)58-42(4,5)6)20-57-41(55)48-16-12-13-31(48)38(52)59-44(11-2)27-17-32-35-25(19-49(32)36(50)26(27)21-56-39(44)53)34-29(47-40(54)60-43(7,8)9)15-14-24-22(3)28(45)18-30(46-35)33(24)34/h10,17-18,29,31H,11-16,19-21H2,1-9H3,(H,47,54)/b23-10+/t29-,31-,44-/m0/s1. The summed E-state index contributed by atoms with van der Waals surface area (Å²) in [6.45, 7) is 14.8. The van der Waals surface area contributed by atoms with Crippen LogP contribution in [0.3, 0.4) is 0 Å². The molecule has 1 aliphatic carbocycles. The molecule has 0 radical (unpaired) electrons. The van der Waals surface area contributed by atoms with E-state index in [4.69, 9.17) is 28.7 Å². The molecule has 7 rings (SSSR count). The Bertz CT molecular complexity index is 2440. The lowest BCUT2D eigenvalue weighted by atomic mass is 9.81. The van der Waals surface area contributed by atoms with Crippen LogP contribution < -0.4 is 10.9 Å². The molecule has 3 aliphatic heterocycles.